The number of benzene rings is 2. The van der Waals surface area contributed by atoms with E-state index >= 15 is 0 Å². The molecule has 0 aliphatic rings. The number of allylic oxidation sites excluding steroid dienone is 1. The van der Waals surface area contributed by atoms with Crippen molar-refractivity contribution < 1.29 is 19.0 Å². The van der Waals surface area contributed by atoms with Gasteiger partial charge in [-0.25, -0.2) is 0 Å². The summed E-state index contributed by atoms with van der Waals surface area (Å²) in [5.41, 5.74) is 2.35. The average molecular weight is 409 g/mol. The van der Waals surface area contributed by atoms with Crippen LogP contribution >= 0.6 is 0 Å². The van der Waals surface area contributed by atoms with Gasteiger partial charge in [-0.2, -0.15) is 0 Å². The molecule has 4 nitrogen and oxygen atoms in total. The molecule has 0 atom stereocenters. The van der Waals surface area contributed by atoms with Gasteiger partial charge in [0.05, 0.1) is 13.2 Å². The lowest BCUT2D eigenvalue weighted by atomic mass is 9.84. The van der Waals surface area contributed by atoms with Crippen molar-refractivity contribution in [3.63, 3.8) is 0 Å². The Labute approximate surface area is 180 Å². The molecule has 30 heavy (non-hydrogen) atoms. The Hall–Kier alpha value is -3.01. The Morgan fingerprint density at radius 2 is 1.53 bits per heavy atom. The smallest absolute Gasteiger partial charge is 0.185 e. The molecule has 0 unspecified atom stereocenters. The number of hydrogen-bond acceptors (Lipinski definition) is 4. The maximum Gasteiger partial charge on any atom is 0.185 e. The van der Waals surface area contributed by atoms with E-state index in [1.807, 2.05) is 26.0 Å². The summed E-state index contributed by atoms with van der Waals surface area (Å²) in [6.45, 7) is 15.5. The lowest BCUT2D eigenvalue weighted by Crippen LogP contribution is -2.16. The first-order valence-electron chi connectivity index (χ1n) is 10.3. The summed E-state index contributed by atoms with van der Waals surface area (Å²) in [6, 6.07) is 11.0. The molecule has 0 fully saturated rings. The Kier molecular flexibility index (Phi) is 8.28. The lowest BCUT2D eigenvalue weighted by molar-refractivity contribution is 0.104. The molecule has 0 saturated carbocycles. The predicted octanol–water partition coefficient (Wildman–Crippen LogP) is 6.24. The molecule has 0 aromatic heterocycles. The molecule has 160 valence electrons. The van der Waals surface area contributed by atoms with Gasteiger partial charge in [0.25, 0.3) is 0 Å². The fourth-order valence-corrected chi connectivity index (χ4v) is 3.12. The molecule has 2 rings (SSSR count). The van der Waals surface area contributed by atoms with Gasteiger partial charge in [-0.15, -0.1) is 0 Å². The van der Waals surface area contributed by atoms with Gasteiger partial charge in [-0.05, 0) is 67.3 Å². The maximum atomic E-state index is 12.6. The normalized spacial score (nSPS) is 11.4. The second kappa shape index (κ2) is 10.7. The summed E-state index contributed by atoms with van der Waals surface area (Å²) in [5.74, 6) is 2.19. The van der Waals surface area contributed by atoms with Crippen LogP contribution in [0.25, 0.3) is 6.08 Å². The van der Waals surface area contributed by atoms with Gasteiger partial charge in [0.1, 0.15) is 23.9 Å². The largest absolute Gasteiger partial charge is 0.493 e. The van der Waals surface area contributed by atoms with Crippen molar-refractivity contribution in [2.45, 2.75) is 40.0 Å². The standard InChI is InChI=1S/C26H32O4/c1-7-16-30-21-13-11-20(12-14-21)22(27)15-10-19-17-23(28-8-2)25(26(4,5)6)24(18-19)29-9-3/h7,10-15,17-18H,1,8-9,16H2,2-6H3. The highest BCUT2D eigenvalue weighted by atomic mass is 16.5. The molecule has 0 bridgehead atoms. The third-order valence-electron chi connectivity index (χ3n) is 4.37. The highest BCUT2D eigenvalue weighted by Gasteiger charge is 2.25. The molecule has 0 spiro atoms. The van der Waals surface area contributed by atoms with Crippen LogP contribution in [0.4, 0.5) is 0 Å². The van der Waals surface area contributed by atoms with Gasteiger partial charge < -0.3 is 14.2 Å². The Bertz CT molecular complexity index is 859. The van der Waals surface area contributed by atoms with Crippen LogP contribution in [0.3, 0.4) is 0 Å². The quantitative estimate of drug-likeness (QED) is 0.265. The number of rotatable bonds is 10. The number of carbonyl (C=O) groups excluding carboxylic acids is 1. The molecule has 0 radical (unpaired) electrons. The van der Waals surface area contributed by atoms with Crippen LogP contribution in [0.2, 0.25) is 0 Å². The van der Waals surface area contributed by atoms with E-state index in [0.29, 0.717) is 31.1 Å². The first-order valence-corrected chi connectivity index (χ1v) is 10.3. The fourth-order valence-electron chi connectivity index (χ4n) is 3.12. The van der Waals surface area contributed by atoms with E-state index in [1.165, 1.54) is 0 Å². The lowest BCUT2D eigenvalue weighted by Gasteiger charge is -2.26. The van der Waals surface area contributed by atoms with Crippen LogP contribution in [0.15, 0.2) is 55.1 Å². The van der Waals surface area contributed by atoms with E-state index < -0.39 is 0 Å². The summed E-state index contributed by atoms with van der Waals surface area (Å²) < 4.78 is 17.3. The number of ether oxygens (including phenoxy) is 3. The van der Waals surface area contributed by atoms with Gasteiger partial charge >= 0.3 is 0 Å². The van der Waals surface area contributed by atoms with E-state index in [9.17, 15) is 4.79 Å². The zero-order valence-corrected chi connectivity index (χ0v) is 18.7. The van der Waals surface area contributed by atoms with E-state index in [0.717, 1.165) is 22.6 Å². The monoisotopic (exact) mass is 408 g/mol. The summed E-state index contributed by atoms with van der Waals surface area (Å²) in [7, 11) is 0. The van der Waals surface area contributed by atoms with Crippen molar-refractivity contribution in [1.82, 2.24) is 0 Å². The van der Waals surface area contributed by atoms with E-state index in [-0.39, 0.29) is 11.2 Å². The third-order valence-corrected chi connectivity index (χ3v) is 4.37. The van der Waals surface area contributed by atoms with Crippen molar-refractivity contribution in [2.75, 3.05) is 19.8 Å². The highest BCUT2D eigenvalue weighted by Crippen LogP contribution is 2.40. The minimum absolute atomic E-state index is 0.0823. The molecule has 0 N–H and O–H groups in total. The zero-order valence-electron chi connectivity index (χ0n) is 18.7. The Balaban J connectivity index is 2.31. The van der Waals surface area contributed by atoms with Gasteiger partial charge in [0.15, 0.2) is 5.78 Å². The van der Waals surface area contributed by atoms with Crippen LogP contribution in [-0.2, 0) is 5.41 Å². The SMILES string of the molecule is C=CCOc1ccc(C(=O)C=Cc2cc(OCC)c(C(C)(C)C)c(OCC)c2)cc1. The van der Waals surface area contributed by atoms with Crippen molar-refractivity contribution in [1.29, 1.82) is 0 Å². The van der Waals surface area contributed by atoms with Crippen molar-refractivity contribution in [2.24, 2.45) is 0 Å². The van der Waals surface area contributed by atoms with E-state index in [4.69, 9.17) is 14.2 Å². The second-order valence-electron chi connectivity index (χ2n) is 7.83. The molecular formula is C26H32O4. The molecule has 0 aliphatic heterocycles. The average Bonchev–Trinajstić information content (AvgIpc) is 2.70. The first kappa shape index (κ1) is 23.3. The first-order chi connectivity index (χ1) is 14.3. The summed E-state index contributed by atoms with van der Waals surface area (Å²) >= 11 is 0. The Morgan fingerprint density at radius 1 is 0.967 bits per heavy atom. The molecule has 2 aromatic carbocycles. The molecule has 0 heterocycles. The van der Waals surface area contributed by atoms with Gasteiger partial charge in [-0.1, -0.05) is 39.5 Å². The summed E-state index contributed by atoms with van der Waals surface area (Å²) in [5, 5.41) is 0. The van der Waals surface area contributed by atoms with E-state index in [2.05, 4.69) is 27.4 Å². The maximum absolute atomic E-state index is 12.6. The highest BCUT2D eigenvalue weighted by molar-refractivity contribution is 6.06. The fraction of sp³-hybridized carbons (Fsp3) is 0.346. The summed E-state index contributed by atoms with van der Waals surface area (Å²) in [4.78, 5) is 12.6. The van der Waals surface area contributed by atoms with Crippen molar-refractivity contribution in [3.05, 3.63) is 71.8 Å². The van der Waals surface area contributed by atoms with Gasteiger partial charge in [0.2, 0.25) is 0 Å². The van der Waals surface area contributed by atoms with Crippen LogP contribution < -0.4 is 14.2 Å². The third kappa shape index (κ3) is 6.24. The minimum Gasteiger partial charge on any atom is -0.493 e. The Morgan fingerprint density at radius 3 is 2.00 bits per heavy atom. The molecular weight excluding hydrogens is 376 g/mol. The summed E-state index contributed by atoms with van der Waals surface area (Å²) in [6.07, 6.45) is 5.04. The van der Waals surface area contributed by atoms with Crippen LogP contribution in [0.1, 0.15) is 56.1 Å². The van der Waals surface area contributed by atoms with Crippen molar-refractivity contribution >= 4 is 11.9 Å². The molecule has 0 saturated heterocycles. The topological polar surface area (TPSA) is 44.8 Å². The number of ketones is 1. The number of carbonyl (C=O) groups is 1. The molecule has 2 aromatic rings. The van der Waals surface area contributed by atoms with Gasteiger partial charge in [0, 0.05) is 11.1 Å². The van der Waals surface area contributed by atoms with Crippen LogP contribution in [-0.4, -0.2) is 25.6 Å². The molecule has 0 aliphatic carbocycles. The number of hydrogen-bond donors (Lipinski definition) is 0. The molecule has 0 amide bonds. The van der Waals surface area contributed by atoms with Gasteiger partial charge in [-0.3, -0.25) is 4.79 Å². The van der Waals surface area contributed by atoms with Crippen LogP contribution in [0.5, 0.6) is 17.2 Å². The predicted molar refractivity (Wildman–Crippen MR) is 123 cm³/mol. The zero-order chi connectivity index (χ0) is 22.1. The second-order valence-corrected chi connectivity index (χ2v) is 7.83. The van der Waals surface area contributed by atoms with Crippen LogP contribution in [0, 0.1) is 0 Å². The van der Waals surface area contributed by atoms with Crippen molar-refractivity contribution in [3.8, 4) is 17.2 Å². The van der Waals surface area contributed by atoms with E-state index in [1.54, 1.807) is 42.5 Å². The minimum atomic E-state index is -0.136. The molecule has 4 heteroatoms.